The number of esters is 1. The highest BCUT2D eigenvalue weighted by atomic mass is 16.5. The summed E-state index contributed by atoms with van der Waals surface area (Å²) in [5.74, 6) is -0.838. The standard InChI is InChI=1S/C12H15N3O4/c1-14-5-4-9(12(14)18)19-11(17)7-15-6-8(13)2-3-10(15)16/h2-3,6,9H,4-5,7,13H2,1H3. The number of aromatic nitrogens is 1. The Balaban J connectivity index is 2.00. The summed E-state index contributed by atoms with van der Waals surface area (Å²) in [4.78, 5) is 36.3. The molecule has 0 aromatic carbocycles. The number of rotatable bonds is 3. The lowest BCUT2D eigenvalue weighted by molar-refractivity contribution is -0.156. The maximum atomic E-state index is 11.7. The predicted octanol–water partition coefficient (Wildman–Crippen LogP) is -0.796. The van der Waals surface area contributed by atoms with Gasteiger partial charge in [0.25, 0.3) is 11.5 Å². The Kier molecular flexibility index (Phi) is 3.55. The van der Waals surface area contributed by atoms with Gasteiger partial charge < -0.3 is 19.9 Å². The van der Waals surface area contributed by atoms with Gasteiger partial charge in [-0.15, -0.1) is 0 Å². The van der Waals surface area contributed by atoms with Crippen molar-refractivity contribution in [2.45, 2.75) is 19.1 Å². The summed E-state index contributed by atoms with van der Waals surface area (Å²) in [6.07, 6.45) is 1.10. The Morgan fingerprint density at radius 3 is 2.84 bits per heavy atom. The van der Waals surface area contributed by atoms with Crippen LogP contribution in [-0.2, 0) is 20.9 Å². The summed E-state index contributed by atoms with van der Waals surface area (Å²) in [7, 11) is 1.65. The summed E-state index contributed by atoms with van der Waals surface area (Å²) < 4.78 is 6.22. The monoisotopic (exact) mass is 265 g/mol. The lowest BCUT2D eigenvalue weighted by Gasteiger charge is -2.12. The van der Waals surface area contributed by atoms with E-state index >= 15 is 0 Å². The van der Waals surface area contributed by atoms with Gasteiger partial charge in [0, 0.05) is 38.0 Å². The number of amides is 1. The molecule has 0 bridgehead atoms. The number of hydrogen-bond acceptors (Lipinski definition) is 5. The van der Waals surface area contributed by atoms with Gasteiger partial charge in [-0.3, -0.25) is 14.4 Å². The molecule has 102 valence electrons. The van der Waals surface area contributed by atoms with E-state index in [9.17, 15) is 14.4 Å². The fourth-order valence-corrected chi connectivity index (χ4v) is 1.91. The summed E-state index contributed by atoms with van der Waals surface area (Å²) in [5, 5.41) is 0. The first-order chi connectivity index (χ1) is 8.97. The van der Waals surface area contributed by atoms with Gasteiger partial charge >= 0.3 is 5.97 Å². The van der Waals surface area contributed by atoms with Gasteiger partial charge in [-0.1, -0.05) is 0 Å². The van der Waals surface area contributed by atoms with Crippen molar-refractivity contribution in [2.75, 3.05) is 19.3 Å². The zero-order chi connectivity index (χ0) is 14.0. The van der Waals surface area contributed by atoms with Crippen LogP contribution in [0.5, 0.6) is 0 Å². The number of pyridine rings is 1. The Bertz CT molecular complexity index is 566. The molecule has 1 aliphatic heterocycles. The summed E-state index contributed by atoms with van der Waals surface area (Å²) in [6.45, 7) is 0.312. The molecule has 0 radical (unpaired) electrons. The SMILES string of the molecule is CN1CCC(OC(=O)Cn2cc(N)ccc2=O)C1=O. The van der Waals surface area contributed by atoms with Crippen LogP contribution in [0.4, 0.5) is 5.69 Å². The van der Waals surface area contributed by atoms with E-state index in [0.29, 0.717) is 18.7 Å². The van der Waals surface area contributed by atoms with E-state index in [0.717, 1.165) is 4.57 Å². The molecular weight excluding hydrogens is 250 g/mol. The van der Waals surface area contributed by atoms with Gasteiger partial charge in [0.15, 0.2) is 6.10 Å². The Hall–Kier alpha value is -2.31. The van der Waals surface area contributed by atoms with Gasteiger partial charge in [-0.2, -0.15) is 0 Å². The van der Waals surface area contributed by atoms with Crippen LogP contribution in [0.2, 0.25) is 0 Å². The number of nitrogen functional groups attached to an aromatic ring is 1. The largest absolute Gasteiger partial charge is 0.451 e. The molecule has 1 amide bonds. The maximum absolute atomic E-state index is 11.7. The molecule has 0 spiro atoms. The molecule has 0 saturated carbocycles. The van der Waals surface area contributed by atoms with Crippen molar-refractivity contribution in [2.24, 2.45) is 0 Å². The predicted molar refractivity (Wildman–Crippen MR) is 67.2 cm³/mol. The number of likely N-dealkylation sites (N-methyl/N-ethyl adjacent to an activating group) is 1. The van der Waals surface area contributed by atoms with E-state index in [1.165, 1.54) is 23.2 Å². The molecule has 2 heterocycles. The summed E-state index contributed by atoms with van der Waals surface area (Å²) >= 11 is 0. The zero-order valence-corrected chi connectivity index (χ0v) is 10.5. The molecule has 1 unspecified atom stereocenters. The topological polar surface area (TPSA) is 94.6 Å². The first kappa shape index (κ1) is 13.1. The Labute approximate surface area is 109 Å². The third kappa shape index (κ3) is 2.93. The van der Waals surface area contributed by atoms with Crippen LogP contribution in [-0.4, -0.2) is 41.0 Å². The van der Waals surface area contributed by atoms with Crippen LogP contribution in [0.25, 0.3) is 0 Å². The fourth-order valence-electron chi connectivity index (χ4n) is 1.91. The van der Waals surface area contributed by atoms with E-state index in [-0.39, 0.29) is 18.0 Å². The zero-order valence-electron chi connectivity index (χ0n) is 10.5. The molecule has 0 aliphatic carbocycles. The molecular formula is C12H15N3O4. The van der Waals surface area contributed by atoms with Gasteiger partial charge in [0.05, 0.1) is 0 Å². The van der Waals surface area contributed by atoms with Crippen molar-refractivity contribution in [3.63, 3.8) is 0 Å². The molecule has 2 N–H and O–H groups in total. The number of anilines is 1. The summed E-state index contributed by atoms with van der Waals surface area (Å²) in [6, 6.07) is 2.73. The summed E-state index contributed by atoms with van der Waals surface area (Å²) in [5.41, 5.74) is 5.57. The second-order valence-corrected chi connectivity index (χ2v) is 4.46. The molecule has 1 aliphatic rings. The normalized spacial score (nSPS) is 18.7. The number of carbonyl (C=O) groups is 2. The van der Waals surface area contributed by atoms with Gasteiger partial charge in [-0.25, -0.2) is 0 Å². The van der Waals surface area contributed by atoms with Crippen LogP contribution in [0, 0.1) is 0 Å². The first-order valence-electron chi connectivity index (χ1n) is 5.88. The average molecular weight is 265 g/mol. The van der Waals surface area contributed by atoms with Crippen LogP contribution in [0.15, 0.2) is 23.1 Å². The van der Waals surface area contributed by atoms with E-state index in [1.807, 2.05) is 0 Å². The van der Waals surface area contributed by atoms with Crippen molar-refractivity contribution >= 4 is 17.6 Å². The fraction of sp³-hybridized carbons (Fsp3) is 0.417. The third-order valence-corrected chi connectivity index (χ3v) is 2.96. The Morgan fingerprint density at radius 2 is 2.21 bits per heavy atom. The van der Waals surface area contributed by atoms with Crippen molar-refractivity contribution < 1.29 is 14.3 Å². The Morgan fingerprint density at radius 1 is 1.47 bits per heavy atom. The smallest absolute Gasteiger partial charge is 0.326 e. The quantitative estimate of drug-likeness (QED) is 0.722. The molecule has 19 heavy (non-hydrogen) atoms. The van der Waals surface area contributed by atoms with Gasteiger partial charge in [-0.05, 0) is 6.07 Å². The minimum absolute atomic E-state index is 0.215. The lowest BCUT2D eigenvalue weighted by Crippen LogP contribution is -2.32. The van der Waals surface area contributed by atoms with Crippen LogP contribution in [0.3, 0.4) is 0 Å². The highest BCUT2D eigenvalue weighted by Crippen LogP contribution is 2.12. The minimum Gasteiger partial charge on any atom is -0.451 e. The number of hydrogen-bond donors (Lipinski definition) is 1. The average Bonchev–Trinajstić information content (AvgIpc) is 2.66. The van der Waals surface area contributed by atoms with Crippen LogP contribution < -0.4 is 11.3 Å². The van der Waals surface area contributed by atoms with Crippen LogP contribution in [0.1, 0.15) is 6.42 Å². The van der Waals surface area contributed by atoms with Crippen molar-refractivity contribution in [1.82, 2.24) is 9.47 Å². The maximum Gasteiger partial charge on any atom is 0.326 e. The second-order valence-electron chi connectivity index (χ2n) is 4.46. The number of nitrogens with zero attached hydrogens (tertiary/aromatic N) is 2. The minimum atomic E-state index is -0.741. The highest BCUT2D eigenvalue weighted by molar-refractivity contribution is 5.85. The van der Waals surface area contributed by atoms with Gasteiger partial charge in [0.1, 0.15) is 6.54 Å². The number of likely N-dealkylation sites (tertiary alicyclic amines) is 1. The van der Waals surface area contributed by atoms with E-state index in [2.05, 4.69) is 0 Å². The first-order valence-corrected chi connectivity index (χ1v) is 5.88. The van der Waals surface area contributed by atoms with E-state index in [1.54, 1.807) is 7.05 Å². The highest BCUT2D eigenvalue weighted by Gasteiger charge is 2.32. The van der Waals surface area contributed by atoms with E-state index < -0.39 is 12.1 Å². The molecule has 1 saturated heterocycles. The van der Waals surface area contributed by atoms with Crippen molar-refractivity contribution in [1.29, 1.82) is 0 Å². The van der Waals surface area contributed by atoms with Crippen molar-refractivity contribution in [3.05, 3.63) is 28.7 Å². The number of carbonyl (C=O) groups excluding carboxylic acids is 2. The van der Waals surface area contributed by atoms with Crippen LogP contribution >= 0.6 is 0 Å². The molecule has 7 heteroatoms. The van der Waals surface area contributed by atoms with Crippen molar-refractivity contribution in [3.8, 4) is 0 Å². The van der Waals surface area contributed by atoms with E-state index in [4.69, 9.17) is 10.5 Å². The second kappa shape index (κ2) is 5.13. The number of ether oxygens (including phenoxy) is 1. The molecule has 1 atom stereocenters. The van der Waals surface area contributed by atoms with Gasteiger partial charge in [0.2, 0.25) is 0 Å². The lowest BCUT2D eigenvalue weighted by atomic mass is 10.3. The molecule has 7 nitrogen and oxygen atoms in total. The number of nitrogens with two attached hydrogens (primary N) is 1. The third-order valence-electron chi connectivity index (χ3n) is 2.96. The molecule has 1 aromatic heterocycles. The molecule has 2 rings (SSSR count). The molecule has 1 fully saturated rings. The molecule has 1 aromatic rings.